The third-order valence-corrected chi connectivity index (χ3v) is 7.95. The van der Waals surface area contributed by atoms with E-state index in [1.165, 1.54) is 0 Å². The van der Waals surface area contributed by atoms with E-state index >= 15 is 0 Å². The Morgan fingerprint density at radius 1 is 0.889 bits per heavy atom. The average molecular weight is 604 g/mol. The van der Waals surface area contributed by atoms with Crippen molar-refractivity contribution >= 4 is 5.91 Å². The second-order valence-electron chi connectivity index (χ2n) is 11.8. The van der Waals surface area contributed by atoms with Gasteiger partial charge in [0.15, 0.2) is 0 Å². The summed E-state index contributed by atoms with van der Waals surface area (Å²) >= 11 is 0. The van der Waals surface area contributed by atoms with E-state index in [0.717, 1.165) is 29.2 Å². The zero-order chi connectivity index (χ0) is 31.3. The lowest BCUT2D eigenvalue weighted by Gasteiger charge is -2.38. The molecule has 5 aromatic rings. The van der Waals surface area contributed by atoms with Crippen molar-refractivity contribution in [3.8, 4) is 40.2 Å². The molecule has 9 heteroatoms. The maximum absolute atomic E-state index is 13.9. The maximum atomic E-state index is 13.9. The van der Waals surface area contributed by atoms with Crippen LogP contribution in [0.1, 0.15) is 36.7 Å². The first-order valence-electron chi connectivity index (χ1n) is 15.2. The van der Waals surface area contributed by atoms with Gasteiger partial charge in [0.25, 0.3) is 11.8 Å². The summed E-state index contributed by atoms with van der Waals surface area (Å²) in [6.07, 6.45) is 3.14. The van der Waals surface area contributed by atoms with Gasteiger partial charge in [-0.3, -0.25) is 14.7 Å². The number of hydrogen-bond acceptors (Lipinski definition) is 8. The summed E-state index contributed by atoms with van der Waals surface area (Å²) in [5.74, 6) is 2.70. The Balaban J connectivity index is 1.25. The van der Waals surface area contributed by atoms with Crippen molar-refractivity contribution in [3.63, 3.8) is 0 Å². The van der Waals surface area contributed by atoms with Crippen LogP contribution >= 0.6 is 0 Å². The number of rotatable bonds is 9. The molecule has 0 saturated heterocycles. The van der Waals surface area contributed by atoms with Crippen LogP contribution in [0.4, 0.5) is 0 Å². The molecule has 9 nitrogen and oxygen atoms in total. The number of amides is 1. The van der Waals surface area contributed by atoms with E-state index in [1.54, 1.807) is 12.4 Å². The van der Waals surface area contributed by atoms with Crippen LogP contribution in [0, 0.1) is 5.92 Å². The number of benzene rings is 3. The highest BCUT2D eigenvalue weighted by Crippen LogP contribution is 2.38. The van der Waals surface area contributed by atoms with Crippen LogP contribution in [0.5, 0.6) is 17.2 Å². The Morgan fingerprint density at radius 2 is 1.58 bits per heavy atom. The highest BCUT2D eigenvalue weighted by molar-refractivity contribution is 5.99. The van der Waals surface area contributed by atoms with Gasteiger partial charge in [-0.1, -0.05) is 43.3 Å². The molecular formula is C36H37N5O4. The van der Waals surface area contributed by atoms with Gasteiger partial charge in [-0.2, -0.15) is 0 Å². The lowest BCUT2D eigenvalue weighted by Crippen LogP contribution is -2.48. The predicted molar refractivity (Wildman–Crippen MR) is 172 cm³/mol. The maximum Gasteiger partial charge on any atom is 0.257 e. The number of para-hydroxylation sites is 2. The van der Waals surface area contributed by atoms with Gasteiger partial charge in [0, 0.05) is 49.6 Å². The number of likely N-dealkylation sites (N-methyl/N-ethyl adjacent to an activating group) is 1. The number of pyridine rings is 1. The summed E-state index contributed by atoms with van der Waals surface area (Å²) in [7, 11) is 2.08. The first-order chi connectivity index (χ1) is 21.9. The smallest absolute Gasteiger partial charge is 0.257 e. The fourth-order valence-corrected chi connectivity index (χ4v) is 5.51. The molecule has 0 fully saturated rings. The third kappa shape index (κ3) is 6.89. The van der Waals surface area contributed by atoms with Gasteiger partial charge < -0.3 is 18.8 Å². The molecule has 2 atom stereocenters. The zero-order valence-corrected chi connectivity index (χ0v) is 26.0. The van der Waals surface area contributed by atoms with E-state index in [1.807, 2.05) is 91.5 Å². The molecular weight excluding hydrogens is 566 g/mol. The first kappa shape index (κ1) is 30.0. The van der Waals surface area contributed by atoms with Crippen LogP contribution in [0.25, 0.3) is 22.9 Å². The minimum absolute atomic E-state index is 0.0197. The molecule has 2 aromatic heterocycles. The molecule has 45 heavy (non-hydrogen) atoms. The first-order valence-corrected chi connectivity index (χ1v) is 15.2. The fourth-order valence-electron chi connectivity index (χ4n) is 5.51. The van der Waals surface area contributed by atoms with Gasteiger partial charge in [-0.05, 0) is 75.0 Å². The number of carbonyl (C=O) groups is 1. The number of carbonyl (C=O) groups excluding carboxylic acids is 1. The van der Waals surface area contributed by atoms with E-state index in [2.05, 4.69) is 46.2 Å². The Hall–Kier alpha value is -5.02. The molecule has 0 aliphatic carbocycles. The third-order valence-electron chi connectivity index (χ3n) is 7.95. The van der Waals surface area contributed by atoms with E-state index in [0.29, 0.717) is 41.7 Å². The molecule has 0 saturated carbocycles. The summed E-state index contributed by atoms with van der Waals surface area (Å²) in [5.41, 5.74) is 3.00. The normalized spacial score (nSPS) is 16.7. The van der Waals surface area contributed by atoms with Crippen LogP contribution in [0.2, 0.25) is 0 Å². The molecule has 0 spiro atoms. The quantitative estimate of drug-likeness (QED) is 0.178. The van der Waals surface area contributed by atoms with Crippen molar-refractivity contribution < 1.29 is 18.7 Å². The van der Waals surface area contributed by atoms with Crippen molar-refractivity contribution in [2.75, 3.05) is 20.1 Å². The van der Waals surface area contributed by atoms with Crippen molar-refractivity contribution in [2.24, 2.45) is 5.92 Å². The highest BCUT2D eigenvalue weighted by Gasteiger charge is 2.34. The average Bonchev–Trinajstić information content (AvgIpc) is 3.54. The van der Waals surface area contributed by atoms with Gasteiger partial charge in [-0.25, -0.2) is 0 Å². The minimum atomic E-state index is -0.215. The Morgan fingerprint density at radius 3 is 2.31 bits per heavy atom. The summed E-state index contributed by atoms with van der Waals surface area (Å²) in [6, 6.07) is 27.1. The molecule has 6 rings (SSSR count). The largest absolute Gasteiger partial charge is 0.487 e. The van der Waals surface area contributed by atoms with Crippen molar-refractivity contribution in [1.82, 2.24) is 25.0 Å². The monoisotopic (exact) mass is 603 g/mol. The number of nitrogens with zero attached hydrogens (tertiary/aromatic N) is 5. The molecule has 2 unspecified atom stereocenters. The summed E-state index contributed by atoms with van der Waals surface area (Å²) in [6.45, 7) is 8.17. The molecule has 1 amide bonds. The lowest BCUT2D eigenvalue weighted by atomic mass is 9.98. The standard InChI is InChI=1S/C36H37N5O4/c1-24(2)41-21-25(3)32(23-40(4)22-26-13-15-29(16-14-26)43-28-9-6-5-7-10-28)44-33-30(11-8-12-31(33)36(41)42)35-39-38-34(45-35)27-17-19-37-20-18-27/h5-20,24-25,32H,21-23H2,1-4H3. The summed E-state index contributed by atoms with van der Waals surface area (Å²) in [4.78, 5) is 22.1. The lowest BCUT2D eigenvalue weighted by molar-refractivity contribution is 0.0432. The van der Waals surface area contributed by atoms with Crippen LogP contribution in [-0.4, -0.2) is 63.2 Å². The van der Waals surface area contributed by atoms with Gasteiger partial charge in [-0.15, -0.1) is 10.2 Å². The Kier molecular flexibility index (Phi) is 8.89. The number of ether oxygens (including phenoxy) is 2. The second-order valence-corrected chi connectivity index (χ2v) is 11.8. The number of fused-ring (bicyclic) bond motifs is 1. The highest BCUT2D eigenvalue weighted by atomic mass is 16.5. The Bertz CT molecular complexity index is 1720. The second kappa shape index (κ2) is 13.3. The van der Waals surface area contributed by atoms with Gasteiger partial charge >= 0.3 is 0 Å². The van der Waals surface area contributed by atoms with Gasteiger partial charge in [0.1, 0.15) is 23.4 Å². The van der Waals surface area contributed by atoms with E-state index in [-0.39, 0.29) is 24.0 Å². The van der Waals surface area contributed by atoms with Crippen molar-refractivity contribution in [3.05, 3.63) is 108 Å². The zero-order valence-electron chi connectivity index (χ0n) is 26.0. The van der Waals surface area contributed by atoms with Gasteiger partial charge in [0.05, 0.1) is 11.1 Å². The number of hydrogen-bond donors (Lipinski definition) is 0. The predicted octanol–water partition coefficient (Wildman–Crippen LogP) is 6.97. The molecule has 230 valence electrons. The molecule has 1 aliphatic rings. The van der Waals surface area contributed by atoms with E-state index in [4.69, 9.17) is 13.9 Å². The molecule has 3 heterocycles. The molecule has 3 aromatic carbocycles. The minimum Gasteiger partial charge on any atom is -0.487 e. The SMILES string of the molecule is CC1CN(C(C)C)C(=O)c2cccc(-c3nnc(-c4ccncc4)o3)c2OC1CN(C)Cc1ccc(Oc2ccccc2)cc1. The fraction of sp³-hybridized carbons (Fsp3) is 0.278. The van der Waals surface area contributed by atoms with E-state index < -0.39 is 0 Å². The van der Waals surface area contributed by atoms with E-state index in [9.17, 15) is 4.79 Å². The summed E-state index contributed by atoms with van der Waals surface area (Å²) in [5, 5.41) is 8.60. The van der Waals surface area contributed by atoms with Gasteiger partial charge in [0.2, 0.25) is 5.89 Å². The Labute approximate surface area is 263 Å². The number of aromatic nitrogens is 3. The van der Waals surface area contributed by atoms with Crippen molar-refractivity contribution in [2.45, 2.75) is 39.5 Å². The van der Waals surface area contributed by atoms with Crippen LogP contribution in [-0.2, 0) is 6.54 Å². The van der Waals surface area contributed by atoms with Crippen LogP contribution < -0.4 is 9.47 Å². The van der Waals surface area contributed by atoms with Crippen LogP contribution in [0.3, 0.4) is 0 Å². The molecule has 1 aliphatic heterocycles. The molecule has 0 radical (unpaired) electrons. The summed E-state index contributed by atoms with van der Waals surface area (Å²) < 4.78 is 18.9. The topological polar surface area (TPSA) is 93.8 Å². The van der Waals surface area contributed by atoms with Crippen LogP contribution in [0.15, 0.2) is 102 Å². The van der Waals surface area contributed by atoms with Crippen molar-refractivity contribution in [1.29, 1.82) is 0 Å². The molecule has 0 N–H and O–H groups in total. The molecule has 0 bridgehead atoms.